The number of anilines is 1. The van der Waals surface area contributed by atoms with E-state index in [1.807, 2.05) is 116 Å². The van der Waals surface area contributed by atoms with Crippen LogP contribution in [0.3, 0.4) is 0 Å². The third-order valence-corrected chi connectivity index (χ3v) is 6.18. The van der Waals surface area contributed by atoms with Gasteiger partial charge >= 0.3 is 0 Å². The van der Waals surface area contributed by atoms with Gasteiger partial charge in [-0.15, -0.1) is 0 Å². The molecule has 0 aliphatic heterocycles. The molecule has 5 rings (SSSR count). The van der Waals surface area contributed by atoms with Crippen LogP contribution in [0.4, 0.5) is 5.82 Å². The second-order valence-corrected chi connectivity index (χ2v) is 8.83. The molecule has 0 atom stereocenters. The average molecular weight is 489 g/mol. The van der Waals surface area contributed by atoms with Crippen molar-refractivity contribution in [2.45, 2.75) is 13.3 Å². The number of fused-ring (bicyclic) bond motifs is 1. The number of para-hydroxylation sites is 1. The van der Waals surface area contributed by atoms with Crippen LogP contribution in [-0.4, -0.2) is 39.6 Å². The SMILES string of the molecule is CCCN(CC(=O)Nc1cc(-c2ccccc2)nn1-c1ccccc1)C(=O)c1cccc2ccccc12. The van der Waals surface area contributed by atoms with Gasteiger partial charge in [-0.05, 0) is 35.4 Å². The predicted molar refractivity (Wildman–Crippen MR) is 148 cm³/mol. The van der Waals surface area contributed by atoms with E-state index in [4.69, 9.17) is 5.10 Å². The smallest absolute Gasteiger partial charge is 0.254 e. The summed E-state index contributed by atoms with van der Waals surface area (Å²) in [5.41, 5.74) is 3.13. The van der Waals surface area contributed by atoms with Crippen LogP contribution in [-0.2, 0) is 4.79 Å². The maximum Gasteiger partial charge on any atom is 0.254 e. The van der Waals surface area contributed by atoms with Gasteiger partial charge in [-0.3, -0.25) is 9.59 Å². The van der Waals surface area contributed by atoms with Crippen molar-refractivity contribution in [3.05, 3.63) is 115 Å². The minimum Gasteiger partial charge on any atom is -0.329 e. The Bertz CT molecular complexity index is 1520. The average Bonchev–Trinajstić information content (AvgIpc) is 3.36. The van der Waals surface area contributed by atoms with Gasteiger partial charge in [0.2, 0.25) is 5.91 Å². The lowest BCUT2D eigenvalue weighted by molar-refractivity contribution is -0.116. The summed E-state index contributed by atoms with van der Waals surface area (Å²) in [5, 5.41) is 9.63. The molecule has 184 valence electrons. The Hall–Kier alpha value is -4.71. The van der Waals surface area contributed by atoms with Crippen molar-refractivity contribution < 1.29 is 9.59 Å². The Morgan fingerprint density at radius 3 is 2.27 bits per heavy atom. The maximum atomic E-state index is 13.5. The molecule has 1 N–H and O–H groups in total. The van der Waals surface area contributed by atoms with Gasteiger partial charge < -0.3 is 10.2 Å². The maximum absolute atomic E-state index is 13.5. The third-order valence-electron chi connectivity index (χ3n) is 6.18. The molecule has 1 aromatic heterocycles. The molecule has 0 fully saturated rings. The second-order valence-electron chi connectivity index (χ2n) is 8.83. The summed E-state index contributed by atoms with van der Waals surface area (Å²) in [7, 11) is 0. The molecular weight excluding hydrogens is 460 g/mol. The Labute approximate surface area is 216 Å². The van der Waals surface area contributed by atoms with Crippen molar-refractivity contribution in [3.63, 3.8) is 0 Å². The number of rotatable bonds is 8. The number of nitrogens with one attached hydrogen (secondary N) is 1. The van der Waals surface area contributed by atoms with Gasteiger partial charge in [-0.25, -0.2) is 4.68 Å². The first kappa shape index (κ1) is 24.0. The van der Waals surface area contributed by atoms with Crippen LogP contribution in [0.5, 0.6) is 0 Å². The van der Waals surface area contributed by atoms with Crippen LogP contribution in [0.2, 0.25) is 0 Å². The van der Waals surface area contributed by atoms with Gasteiger partial charge in [-0.2, -0.15) is 5.10 Å². The topological polar surface area (TPSA) is 67.2 Å². The summed E-state index contributed by atoms with van der Waals surface area (Å²) < 4.78 is 1.72. The van der Waals surface area contributed by atoms with Crippen molar-refractivity contribution in [1.82, 2.24) is 14.7 Å². The molecule has 0 saturated heterocycles. The van der Waals surface area contributed by atoms with Crippen molar-refractivity contribution in [3.8, 4) is 16.9 Å². The number of hydrogen-bond donors (Lipinski definition) is 1. The van der Waals surface area contributed by atoms with Crippen LogP contribution >= 0.6 is 0 Å². The highest BCUT2D eigenvalue weighted by Crippen LogP contribution is 2.25. The second kappa shape index (κ2) is 10.9. The Morgan fingerprint density at radius 2 is 1.51 bits per heavy atom. The normalized spacial score (nSPS) is 10.8. The monoisotopic (exact) mass is 488 g/mol. The van der Waals surface area contributed by atoms with E-state index in [0.717, 1.165) is 34.1 Å². The van der Waals surface area contributed by atoms with Gasteiger partial charge in [0, 0.05) is 23.7 Å². The molecule has 0 aliphatic carbocycles. The molecule has 37 heavy (non-hydrogen) atoms. The van der Waals surface area contributed by atoms with Crippen molar-refractivity contribution in [2.75, 3.05) is 18.4 Å². The Morgan fingerprint density at radius 1 is 0.838 bits per heavy atom. The van der Waals surface area contributed by atoms with E-state index >= 15 is 0 Å². The van der Waals surface area contributed by atoms with Gasteiger partial charge in [0.15, 0.2) is 0 Å². The fourth-order valence-corrected chi connectivity index (χ4v) is 4.45. The van der Waals surface area contributed by atoms with Crippen LogP contribution in [0.25, 0.3) is 27.7 Å². The van der Waals surface area contributed by atoms with Crippen LogP contribution in [0, 0.1) is 0 Å². The predicted octanol–water partition coefficient (Wildman–Crippen LogP) is 6.18. The van der Waals surface area contributed by atoms with E-state index in [9.17, 15) is 9.59 Å². The zero-order valence-corrected chi connectivity index (χ0v) is 20.7. The van der Waals surface area contributed by atoms with Crippen molar-refractivity contribution in [1.29, 1.82) is 0 Å². The quantitative estimate of drug-likeness (QED) is 0.283. The van der Waals surface area contributed by atoms with E-state index in [1.165, 1.54) is 0 Å². The lowest BCUT2D eigenvalue weighted by Crippen LogP contribution is -2.38. The van der Waals surface area contributed by atoms with E-state index in [2.05, 4.69) is 5.32 Å². The lowest BCUT2D eigenvalue weighted by Gasteiger charge is -2.22. The Kier molecular flexibility index (Phi) is 7.08. The molecule has 5 aromatic rings. The number of carbonyl (C=O) groups excluding carboxylic acids is 2. The molecule has 6 heteroatoms. The fraction of sp³-hybridized carbons (Fsp3) is 0.129. The van der Waals surface area contributed by atoms with Gasteiger partial charge in [0.05, 0.1) is 11.4 Å². The first-order valence-corrected chi connectivity index (χ1v) is 12.4. The standard InChI is InChI=1S/C31H28N4O2/c1-2-20-34(31(37)27-19-11-15-23-12-9-10-18-26(23)27)22-30(36)32-29-21-28(24-13-5-3-6-14-24)33-35(29)25-16-7-4-8-17-25/h3-19,21H,2,20,22H2,1H3,(H,32,36). The summed E-state index contributed by atoms with van der Waals surface area (Å²) >= 11 is 0. The van der Waals surface area contributed by atoms with E-state index < -0.39 is 0 Å². The first-order valence-electron chi connectivity index (χ1n) is 12.4. The molecule has 6 nitrogen and oxygen atoms in total. The Balaban J connectivity index is 1.42. The molecule has 0 radical (unpaired) electrons. The molecule has 0 saturated carbocycles. The molecule has 1 heterocycles. The number of carbonyl (C=O) groups is 2. The molecular formula is C31H28N4O2. The van der Waals surface area contributed by atoms with Crippen LogP contribution < -0.4 is 5.32 Å². The first-order chi connectivity index (χ1) is 18.1. The lowest BCUT2D eigenvalue weighted by atomic mass is 10.0. The highest BCUT2D eigenvalue weighted by molar-refractivity contribution is 6.08. The summed E-state index contributed by atoms with van der Waals surface area (Å²) in [6, 6.07) is 34.8. The fourth-order valence-electron chi connectivity index (χ4n) is 4.45. The molecule has 4 aromatic carbocycles. The molecule has 0 aliphatic rings. The van der Waals surface area contributed by atoms with Crippen molar-refractivity contribution >= 4 is 28.4 Å². The number of nitrogens with zero attached hydrogens (tertiary/aromatic N) is 3. The van der Waals surface area contributed by atoms with E-state index in [0.29, 0.717) is 17.9 Å². The highest BCUT2D eigenvalue weighted by Gasteiger charge is 2.21. The number of amides is 2. The highest BCUT2D eigenvalue weighted by atomic mass is 16.2. The summed E-state index contributed by atoms with van der Waals surface area (Å²) in [6.45, 7) is 2.41. The van der Waals surface area contributed by atoms with E-state index in [-0.39, 0.29) is 18.4 Å². The third kappa shape index (κ3) is 5.28. The van der Waals surface area contributed by atoms with Gasteiger partial charge in [0.25, 0.3) is 5.91 Å². The largest absolute Gasteiger partial charge is 0.329 e. The zero-order chi connectivity index (χ0) is 25.6. The van der Waals surface area contributed by atoms with Gasteiger partial charge in [0.1, 0.15) is 12.4 Å². The minimum absolute atomic E-state index is 0.0590. The number of benzene rings is 4. The number of hydrogen-bond acceptors (Lipinski definition) is 3. The van der Waals surface area contributed by atoms with Crippen LogP contribution in [0.1, 0.15) is 23.7 Å². The minimum atomic E-state index is -0.279. The molecule has 2 amide bonds. The summed E-state index contributed by atoms with van der Waals surface area (Å²) in [6.07, 6.45) is 0.740. The van der Waals surface area contributed by atoms with E-state index in [1.54, 1.807) is 9.58 Å². The molecule has 0 unspecified atom stereocenters. The molecule has 0 bridgehead atoms. The van der Waals surface area contributed by atoms with Gasteiger partial charge in [-0.1, -0.05) is 91.9 Å². The van der Waals surface area contributed by atoms with Crippen molar-refractivity contribution in [2.24, 2.45) is 0 Å². The zero-order valence-electron chi connectivity index (χ0n) is 20.7. The summed E-state index contributed by atoms with van der Waals surface area (Å²) in [5.74, 6) is 0.109. The number of aromatic nitrogens is 2. The van der Waals surface area contributed by atoms with Crippen LogP contribution in [0.15, 0.2) is 109 Å². The summed E-state index contributed by atoms with van der Waals surface area (Å²) in [4.78, 5) is 28.4. The molecule has 0 spiro atoms.